The average Bonchev–Trinajstić information content (AvgIpc) is 2.48. The highest BCUT2D eigenvalue weighted by Gasteiger charge is 2.25. The Morgan fingerprint density at radius 2 is 1.80 bits per heavy atom. The van der Waals surface area contributed by atoms with E-state index in [-0.39, 0.29) is 24.0 Å². The van der Waals surface area contributed by atoms with Gasteiger partial charge in [-0.3, -0.25) is 15.0 Å². The maximum absolute atomic E-state index is 12.0. The minimum Gasteiger partial charge on any atom is -0.379 e. The monoisotopic (exact) mass is 283 g/mol. The number of imide groups is 1. The first kappa shape index (κ1) is 15.3. The van der Waals surface area contributed by atoms with Gasteiger partial charge in [0.15, 0.2) is 0 Å². The van der Waals surface area contributed by atoms with E-state index in [4.69, 9.17) is 4.74 Å². The largest absolute Gasteiger partial charge is 0.379 e. The molecule has 20 heavy (non-hydrogen) atoms. The molecule has 6 heteroatoms. The molecule has 1 saturated carbocycles. The Balaban J connectivity index is 1.73. The van der Waals surface area contributed by atoms with Crippen molar-refractivity contribution in [2.24, 2.45) is 0 Å². The topological polar surface area (TPSA) is 70.7 Å². The molecule has 0 aromatic heterocycles. The standard InChI is InChI=1S/C14H25N3O3/c1-11(17-7-9-20-10-8-17)13(18)16-14(19)15-12-5-3-2-4-6-12/h11-12H,2-10H2,1H3,(H2,15,16,18,19). The second-order valence-electron chi connectivity index (χ2n) is 5.62. The lowest BCUT2D eigenvalue weighted by molar-refractivity contribution is -0.126. The van der Waals surface area contributed by atoms with Crippen LogP contribution in [0.5, 0.6) is 0 Å². The molecule has 2 aliphatic rings. The van der Waals surface area contributed by atoms with Gasteiger partial charge in [-0.1, -0.05) is 19.3 Å². The summed E-state index contributed by atoms with van der Waals surface area (Å²) in [5.41, 5.74) is 0. The highest BCUT2D eigenvalue weighted by Crippen LogP contribution is 2.17. The first-order valence-electron chi connectivity index (χ1n) is 7.60. The van der Waals surface area contributed by atoms with Crippen LogP contribution in [-0.4, -0.2) is 55.2 Å². The lowest BCUT2D eigenvalue weighted by atomic mass is 9.96. The second kappa shape index (κ2) is 7.59. The van der Waals surface area contributed by atoms with Gasteiger partial charge in [0.05, 0.1) is 19.3 Å². The molecule has 1 heterocycles. The molecule has 0 aromatic carbocycles. The summed E-state index contributed by atoms with van der Waals surface area (Å²) >= 11 is 0. The second-order valence-corrected chi connectivity index (χ2v) is 5.62. The zero-order valence-electron chi connectivity index (χ0n) is 12.2. The van der Waals surface area contributed by atoms with E-state index in [1.165, 1.54) is 6.42 Å². The van der Waals surface area contributed by atoms with Crippen LogP contribution in [0.1, 0.15) is 39.0 Å². The van der Waals surface area contributed by atoms with Gasteiger partial charge in [-0.25, -0.2) is 4.79 Å². The Morgan fingerprint density at radius 1 is 1.15 bits per heavy atom. The van der Waals surface area contributed by atoms with Crippen LogP contribution >= 0.6 is 0 Å². The predicted octanol–water partition coefficient (Wildman–Crippen LogP) is 0.866. The number of carbonyl (C=O) groups is 2. The molecular weight excluding hydrogens is 258 g/mol. The van der Waals surface area contributed by atoms with Crippen LogP contribution in [0, 0.1) is 0 Å². The molecule has 1 atom stereocenters. The summed E-state index contributed by atoms with van der Waals surface area (Å²) in [6, 6.07) is -0.437. The Bertz CT molecular complexity index is 337. The van der Waals surface area contributed by atoms with Crippen molar-refractivity contribution < 1.29 is 14.3 Å². The fraction of sp³-hybridized carbons (Fsp3) is 0.857. The molecule has 1 unspecified atom stereocenters. The van der Waals surface area contributed by atoms with Crippen molar-refractivity contribution in [2.75, 3.05) is 26.3 Å². The zero-order valence-corrected chi connectivity index (χ0v) is 12.2. The van der Waals surface area contributed by atoms with E-state index in [1.807, 2.05) is 11.8 Å². The third-order valence-corrected chi connectivity index (χ3v) is 4.15. The van der Waals surface area contributed by atoms with Crippen molar-refractivity contribution in [3.05, 3.63) is 0 Å². The molecule has 6 nitrogen and oxygen atoms in total. The molecule has 3 amide bonds. The van der Waals surface area contributed by atoms with E-state index in [1.54, 1.807) is 0 Å². The number of morpholine rings is 1. The van der Waals surface area contributed by atoms with Crippen LogP contribution in [0.4, 0.5) is 4.79 Å². The van der Waals surface area contributed by atoms with E-state index in [0.29, 0.717) is 13.2 Å². The molecule has 1 aliphatic heterocycles. The number of nitrogens with one attached hydrogen (secondary N) is 2. The number of hydrogen-bond donors (Lipinski definition) is 2. The Hall–Kier alpha value is -1.14. The number of rotatable bonds is 3. The molecule has 2 rings (SSSR count). The van der Waals surface area contributed by atoms with Crippen molar-refractivity contribution in [1.82, 2.24) is 15.5 Å². The molecule has 2 fully saturated rings. The molecule has 0 spiro atoms. The van der Waals surface area contributed by atoms with Crippen molar-refractivity contribution in [2.45, 2.75) is 51.1 Å². The van der Waals surface area contributed by atoms with Gasteiger partial charge in [-0.15, -0.1) is 0 Å². The maximum Gasteiger partial charge on any atom is 0.321 e. The third-order valence-electron chi connectivity index (χ3n) is 4.15. The predicted molar refractivity (Wildman–Crippen MR) is 75.4 cm³/mol. The molecule has 114 valence electrons. The summed E-state index contributed by atoms with van der Waals surface area (Å²) in [7, 11) is 0. The Labute approximate surface area is 120 Å². The number of amides is 3. The lowest BCUT2D eigenvalue weighted by Crippen LogP contribution is -2.53. The highest BCUT2D eigenvalue weighted by molar-refractivity contribution is 5.96. The first-order chi connectivity index (χ1) is 9.66. The average molecular weight is 283 g/mol. The minimum atomic E-state index is -0.359. The van der Waals surface area contributed by atoms with Crippen LogP contribution in [0.3, 0.4) is 0 Å². The van der Waals surface area contributed by atoms with E-state index in [2.05, 4.69) is 10.6 Å². The zero-order chi connectivity index (χ0) is 14.4. The van der Waals surface area contributed by atoms with Crippen LogP contribution in [-0.2, 0) is 9.53 Å². The summed E-state index contributed by atoms with van der Waals surface area (Å²) in [4.78, 5) is 25.9. The van der Waals surface area contributed by atoms with E-state index in [0.717, 1.165) is 38.8 Å². The first-order valence-corrected chi connectivity index (χ1v) is 7.60. The summed E-state index contributed by atoms with van der Waals surface area (Å²) in [5, 5.41) is 5.35. The van der Waals surface area contributed by atoms with Crippen LogP contribution in [0.2, 0.25) is 0 Å². The van der Waals surface area contributed by atoms with E-state index in [9.17, 15) is 9.59 Å². The number of ether oxygens (including phenoxy) is 1. The lowest BCUT2D eigenvalue weighted by Gasteiger charge is -2.31. The van der Waals surface area contributed by atoms with E-state index < -0.39 is 0 Å². The highest BCUT2D eigenvalue weighted by atomic mass is 16.5. The van der Waals surface area contributed by atoms with Crippen molar-refractivity contribution in [3.63, 3.8) is 0 Å². The molecule has 0 bridgehead atoms. The molecule has 0 aromatic rings. The van der Waals surface area contributed by atoms with Crippen LogP contribution in [0.25, 0.3) is 0 Å². The van der Waals surface area contributed by atoms with Gasteiger partial charge in [0.2, 0.25) is 5.91 Å². The number of nitrogens with zero attached hydrogens (tertiary/aromatic N) is 1. The number of hydrogen-bond acceptors (Lipinski definition) is 4. The SMILES string of the molecule is CC(C(=O)NC(=O)NC1CCCCC1)N1CCOCC1. The van der Waals surface area contributed by atoms with Crippen molar-refractivity contribution in [1.29, 1.82) is 0 Å². The summed E-state index contributed by atoms with van der Waals surface area (Å²) in [6.45, 7) is 4.59. The molecule has 1 saturated heterocycles. The van der Waals surface area contributed by atoms with E-state index >= 15 is 0 Å². The quantitative estimate of drug-likeness (QED) is 0.806. The van der Waals surface area contributed by atoms with Crippen LogP contribution in [0.15, 0.2) is 0 Å². The summed E-state index contributed by atoms with van der Waals surface area (Å²) in [5.74, 6) is -0.236. The van der Waals surface area contributed by atoms with Gasteiger partial charge in [-0.05, 0) is 19.8 Å². The fourth-order valence-corrected chi connectivity index (χ4v) is 2.82. The molecular formula is C14H25N3O3. The summed E-state index contributed by atoms with van der Waals surface area (Å²) < 4.78 is 5.26. The van der Waals surface area contributed by atoms with Crippen LogP contribution < -0.4 is 10.6 Å². The Morgan fingerprint density at radius 3 is 2.45 bits per heavy atom. The van der Waals surface area contributed by atoms with Crippen molar-refractivity contribution >= 4 is 11.9 Å². The van der Waals surface area contributed by atoms with Gasteiger partial charge in [-0.2, -0.15) is 0 Å². The van der Waals surface area contributed by atoms with Gasteiger partial charge in [0.1, 0.15) is 0 Å². The van der Waals surface area contributed by atoms with Gasteiger partial charge in [0, 0.05) is 19.1 Å². The number of carbonyl (C=O) groups excluding carboxylic acids is 2. The maximum atomic E-state index is 12.0. The smallest absolute Gasteiger partial charge is 0.321 e. The Kier molecular flexibility index (Phi) is 5.79. The molecule has 2 N–H and O–H groups in total. The van der Waals surface area contributed by atoms with Gasteiger partial charge in [0.25, 0.3) is 0 Å². The number of urea groups is 1. The minimum absolute atomic E-state index is 0.218. The third kappa shape index (κ3) is 4.45. The molecule has 0 radical (unpaired) electrons. The van der Waals surface area contributed by atoms with Gasteiger partial charge < -0.3 is 10.1 Å². The van der Waals surface area contributed by atoms with Gasteiger partial charge >= 0.3 is 6.03 Å². The molecule has 1 aliphatic carbocycles. The summed E-state index contributed by atoms with van der Waals surface area (Å²) in [6.07, 6.45) is 5.58. The fourth-order valence-electron chi connectivity index (χ4n) is 2.82. The van der Waals surface area contributed by atoms with Crippen molar-refractivity contribution in [3.8, 4) is 0 Å². The normalized spacial score (nSPS) is 23.1.